The van der Waals surface area contributed by atoms with Crippen LogP contribution in [-0.2, 0) is 0 Å². The summed E-state index contributed by atoms with van der Waals surface area (Å²) >= 11 is 0. The zero-order chi connectivity index (χ0) is 17.3. The van der Waals surface area contributed by atoms with Crippen LogP contribution in [0.5, 0.6) is 5.75 Å². The van der Waals surface area contributed by atoms with Crippen molar-refractivity contribution in [2.75, 3.05) is 12.0 Å². The average Bonchev–Trinajstić information content (AvgIpc) is 2.68. The summed E-state index contributed by atoms with van der Waals surface area (Å²) in [6.45, 7) is 4.10. The standard InChI is InChI=1S/C19H17N5O/c1-2-12-25-17-10-8-15(9-11-17)13-20-23-19-22-18(14-21-24-19)16-6-4-3-5-7-16/h2-11,13-14H,1,12H2,(H,22,23,24)/b20-13+. The summed E-state index contributed by atoms with van der Waals surface area (Å²) in [6.07, 6.45) is 5.00. The Balaban J connectivity index is 1.63. The molecule has 25 heavy (non-hydrogen) atoms. The number of rotatable bonds is 7. The number of anilines is 1. The van der Waals surface area contributed by atoms with Crippen molar-refractivity contribution < 1.29 is 4.74 Å². The van der Waals surface area contributed by atoms with E-state index in [0.717, 1.165) is 22.6 Å². The van der Waals surface area contributed by atoms with Gasteiger partial charge in [-0.05, 0) is 29.8 Å². The summed E-state index contributed by atoms with van der Waals surface area (Å²) < 4.78 is 5.43. The predicted octanol–water partition coefficient (Wildman–Crippen LogP) is 3.55. The molecule has 3 aromatic rings. The van der Waals surface area contributed by atoms with Crippen LogP contribution in [0.25, 0.3) is 11.3 Å². The highest BCUT2D eigenvalue weighted by molar-refractivity contribution is 5.80. The van der Waals surface area contributed by atoms with Gasteiger partial charge in [-0.25, -0.2) is 10.4 Å². The summed E-state index contributed by atoms with van der Waals surface area (Å²) in [6, 6.07) is 17.3. The van der Waals surface area contributed by atoms with E-state index < -0.39 is 0 Å². The third-order valence-electron chi connectivity index (χ3n) is 3.25. The van der Waals surface area contributed by atoms with Crippen LogP contribution in [-0.4, -0.2) is 28.0 Å². The van der Waals surface area contributed by atoms with Gasteiger partial charge < -0.3 is 4.74 Å². The molecule has 0 spiro atoms. The molecule has 0 amide bonds. The molecule has 1 heterocycles. The molecule has 0 aliphatic rings. The SMILES string of the molecule is C=CCOc1ccc(/C=N/Nc2nncc(-c3ccccc3)n2)cc1. The van der Waals surface area contributed by atoms with Gasteiger partial charge in [-0.2, -0.15) is 10.2 Å². The molecule has 0 aliphatic carbocycles. The van der Waals surface area contributed by atoms with Crippen molar-refractivity contribution in [1.29, 1.82) is 0 Å². The zero-order valence-corrected chi connectivity index (χ0v) is 13.5. The van der Waals surface area contributed by atoms with Crippen LogP contribution in [0.2, 0.25) is 0 Å². The molecular formula is C19H17N5O. The fourth-order valence-electron chi connectivity index (χ4n) is 2.07. The topological polar surface area (TPSA) is 72.3 Å². The third-order valence-corrected chi connectivity index (χ3v) is 3.25. The van der Waals surface area contributed by atoms with Gasteiger partial charge in [0.25, 0.3) is 5.95 Å². The summed E-state index contributed by atoms with van der Waals surface area (Å²) in [5.41, 5.74) is 5.42. The smallest absolute Gasteiger partial charge is 0.263 e. The molecule has 0 aliphatic heterocycles. The number of hydrazone groups is 1. The van der Waals surface area contributed by atoms with Gasteiger partial charge in [-0.15, -0.1) is 5.10 Å². The van der Waals surface area contributed by atoms with E-state index in [1.165, 1.54) is 0 Å². The largest absolute Gasteiger partial charge is 0.490 e. The highest BCUT2D eigenvalue weighted by Crippen LogP contribution is 2.15. The molecule has 1 aromatic heterocycles. The lowest BCUT2D eigenvalue weighted by Gasteiger charge is -2.03. The lowest BCUT2D eigenvalue weighted by Crippen LogP contribution is -2.00. The van der Waals surface area contributed by atoms with Gasteiger partial charge >= 0.3 is 0 Å². The second kappa shape index (κ2) is 8.35. The van der Waals surface area contributed by atoms with E-state index >= 15 is 0 Å². The number of benzene rings is 2. The minimum Gasteiger partial charge on any atom is -0.490 e. The molecule has 0 saturated carbocycles. The van der Waals surface area contributed by atoms with Gasteiger partial charge in [-0.3, -0.25) is 0 Å². The molecule has 3 rings (SSSR count). The van der Waals surface area contributed by atoms with Crippen LogP contribution in [0, 0.1) is 0 Å². The lowest BCUT2D eigenvalue weighted by molar-refractivity contribution is 0.363. The van der Waals surface area contributed by atoms with Gasteiger partial charge in [0.1, 0.15) is 12.4 Å². The maximum absolute atomic E-state index is 5.43. The molecule has 0 bridgehead atoms. The van der Waals surface area contributed by atoms with Gasteiger partial charge in [0.05, 0.1) is 18.1 Å². The van der Waals surface area contributed by atoms with Crippen molar-refractivity contribution in [1.82, 2.24) is 15.2 Å². The van der Waals surface area contributed by atoms with Gasteiger partial charge in [0, 0.05) is 5.56 Å². The maximum Gasteiger partial charge on any atom is 0.263 e. The number of nitrogens with one attached hydrogen (secondary N) is 1. The van der Waals surface area contributed by atoms with Crippen molar-refractivity contribution in [3.05, 3.63) is 79.0 Å². The van der Waals surface area contributed by atoms with Crippen LogP contribution in [0.3, 0.4) is 0 Å². The molecule has 124 valence electrons. The van der Waals surface area contributed by atoms with Crippen molar-refractivity contribution >= 4 is 12.2 Å². The summed E-state index contributed by atoms with van der Waals surface area (Å²) in [5.74, 6) is 1.12. The summed E-state index contributed by atoms with van der Waals surface area (Å²) in [5, 5.41) is 12.0. The number of hydrogen-bond donors (Lipinski definition) is 1. The van der Waals surface area contributed by atoms with Crippen LogP contribution >= 0.6 is 0 Å². The predicted molar refractivity (Wildman–Crippen MR) is 98.6 cm³/mol. The van der Waals surface area contributed by atoms with Crippen molar-refractivity contribution in [3.8, 4) is 17.0 Å². The second-order valence-corrected chi connectivity index (χ2v) is 5.07. The number of aromatic nitrogens is 3. The molecule has 6 nitrogen and oxygen atoms in total. The van der Waals surface area contributed by atoms with E-state index in [2.05, 4.69) is 32.3 Å². The Labute approximate surface area is 145 Å². The molecule has 0 atom stereocenters. The molecule has 2 aromatic carbocycles. The molecule has 0 saturated heterocycles. The molecule has 0 radical (unpaired) electrons. The highest BCUT2D eigenvalue weighted by atomic mass is 16.5. The number of nitrogens with zero attached hydrogens (tertiary/aromatic N) is 4. The van der Waals surface area contributed by atoms with Gasteiger partial charge in [0.15, 0.2) is 0 Å². The Bertz CT molecular complexity index is 847. The normalized spacial score (nSPS) is 10.6. The maximum atomic E-state index is 5.43. The van der Waals surface area contributed by atoms with Crippen molar-refractivity contribution in [3.63, 3.8) is 0 Å². The third kappa shape index (κ3) is 4.71. The van der Waals surface area contributed by atoms with E-state index in [1.807, 2.05) is 54.6 Å². The number of ether oxygens (including phenoxy) is 1. The average molecular weight is 331 g/mol. The van der Waals surface area contributed by atoms with Gasteiger partial charge in [-0.1, -0.05) is 43.0 Å². The minimum atomic E-state index is 0.337. The number of hydrogen-bond acceptors (Lipinski definition) is 6. The van der Waals surface area contributed by atoms with E-state index in [4.69, 9.17) is 4.74 Å². The van der Waals surface area contributed by atoms with Crippen LogP contribution in [0.4, 0.5) is 5.95 Å². The van der Waals surface area contributed by atoms with Gasteiger partial charge in [0.2, 0.25) is 0 Å². The first-order valence-corrected chi connectivity index (χ1v) is 7.73. The Morgan fingerprint density at radius 1 is 1.08 bits per heavy atom. The first-order valence-electron chi connectivity index (χ1n) is 7.73. The van der Waals surface area contributed by atoms with E-state index in [9.17, 15) is 0 Å². The van der Waals surface area contributed by atoms with Crippen molar-refractivity contribution in [2.24, 2.45) is 5.10 Å². The van der Waals surface area contributed by atoms with E-state index in [0.29, 0.717) is 12.6 Å². The molecule has 6 heteroatoms. The molecule has 0 fully saturated rings. The summed E-state index contributed by atoms with van der Waals surface area (Å²) in [7, 11) is 0. The Morgan fingerprint density at radius 3 is 2.64 bits per heavy atom. The second-order valence-electron chi connectivity index (χ2n) is 5.07. The van der Waals surface area contributed by atoms with Crippen LogP contribution < -0.4 is 10.2 Å². The van der Waals surface area contributed by atoms with Crippen LogP contribution in [0.15, 0.2) is 78.6 Å². The first kappa shape index (κ1) is 16.3. The molecule has 1 N–H and O–H groups in total. The Morgan fingerprint density at radius 2 is 1.88 bits per heavy atom. The van der Waals surface area contributed by atoms with Crippen molar-refractivity contribution in [2.45, 2.75) is 0 Å². The fourth-order valence-corrected chi connectivity index (χ4v) is 2.07. The lowest BCUT2D eigenvalue weighted by atomic mass is 10.2. The first-order chi connectivity index (χ1) is 12.3. The zero-order valence-electron chi connectivity index (χ0n) is 13.5. The van der Waals surface area contributed by atoms with Crippen LogP contribution in [0.1, 0.15) is 5.56 Å². The Kier molecular flexibility index (Phi) is 5.45. The van der Waals surface area contributed by atoms with E-state index in [-0.39, 0.29) is 0 Å². The highest BCUT2D eigenvalue weighted by Gasteiger charge is 2.01. The molecule has 0 unspecified atom stereocenters. The van der Waals surface area contributed by atoms with E-state index in [1.54, 1.807) is 18.5 Å². The monoisotopic (exact) mass is 331 g/mol. The fraction of sp³-hybridized carbons (Fsp3) is 0.0526. The summed E-state index contributed by atoms with van der Waals surface area (Å²) in [4.78, 5) is 4.39. The minimum absolute atomic E-state index is 0.337. The Hall–Kier alpha value is -3.54. The molecular weight excluding hydrogens is 314 g/mol. The quantitative estimate of drug-likeness (QED) is 0.407.